The van der Waals surface area contributed by atoms with Gasteiger partial charge in [0.2, 0.25) is 0 Å². The Balaban J connectivity index is 2.84. The Morgan fingerprint density at radius 2 is 1.94 bits per heavy atom. The molecule has 1 aliphatic carbocycles. The fraction of sp³-hybridized carbons (Fsp3) is 0.714. The molecule has 0 heterocycles. The maximum absolute atomic E-state index is 6.07. The molecule has 0 amide bonds. The molecule has 3 heteroatoms. The van der Waals surface area contributed by atoms with Crippen molar-refractivity contribution in [3.8, 4) is 0 Å². The topological polar surface area (TPSA) is 0 Å². The van der Waals surface area contributed by atoms with E-state index in [1.54, 1.807) is 0 Å². The molecule has 1 aliphatic rings. The molecule has 0 aromatic rings. The third-order valence-corrected chi connectivity index (χ3v) is 4.01. The fourth-order valence-electron chi connectivity index (χ4n) is 2.25. The van der Waals surface area contributed by atoms with E-state index >= 15 is 0 Å². The van der Waals surface area contributed by atoms with Crippen molar-refractivity contribution in [3.63, 3.8) is 0 Å². The fourth-order valence-corrected chi connectivity index (χ4v) is 2.73. The lowest BCUT2D eigenvalue weighted by atomic mass is 9.72. The summed E-state index contributed by atoms with van der Waals surface area (Å²) >= 11 is 12.1. The van der Waals surface area contributed by atoms with Crippen LogP contribution < -0.4 is 0 Å². The molecule has 0 aliphatic heterocycles. The minimum atomic E-state index is -0.334. The molecule has 17 heavy (non-hydrogen) atoms. The Hall–Kier alpha value is 0.125. The van der Waals surface area contributed by atoms with Crippen LogP contribution in [-0.2, 0) is 0 Å². The molecule has 96 valence electrons. The lowest BCUT2D eigenvalue weighted by Gasteiger charge is -2.29. The van der Waals surface area contributed by atoms with Crippen LogP contribution >= 0.6 is 22.9 Å². The van der Waals surface area contributed by atoms with Gasteiger partial charge in [-0.25, -0.2) is 0 Å². The van der Waals surface area contributed by atoms with Crippen LogP contribution in [0.25, 0.3) is 0 Å². The molecular weight excluding hydrogens is 250 g/mol. The van der Waals surface area contributed by atoms with Crippen LogP contribution in [0.4, 0.5) is 0 Å². The first kappa shape index (κ1) is 15.2. The monoisotopic (exact) mass is 272 g/mol. The maximum Gasteiger partial charge on any atom is 0.379 e. The second kappa shape index (κ2) is 6.34. The standard InChI is InChI=1S/C14H23BCl2/c1-5-6-7-11-10-12(14(2,3)4)8-9-13(11)15(16)17/h8H,5-7,9-10H2,1-4H3. The number of hydrogen-bond donors (Lipinski definition) is 0. The predicted molar refractivity (Wildman–Crippen MR) is 80.8 cm³/mol. The highest BCUT2D eigenvalue weighted by Gasteiger charge is 2.26. The predicted octanol–water partition coefficient (Wildman–Crippen LogP) is 5.74. The van der Waals surface area contributed by atoms with Crippen LogP contribution in [-0.4, -0.2) is 5.54 Å². The Morgan fingerprint density at radius 1 is 1.29 bits per heavy atom. The number of unbranched alkanes of at least 4 members (excludes halogenated alkanes) is 1. The molecule has 0 fully saturated rings. The molecule has 0 saturated heterocycles. The van der Waals surface area contributed by atoms with Crippen LogP contribution in [0.2, 0.25) is 0 Å². The lowest BCUT2D eigenvalue weighted by Crippen LogP contribution is -2.16. The first-order chi connectivity index (χ1) is 7.86. The molecule has 0 aromatic carbocycles. The number of rotatable bonds is 4. The van der Waals surface area contributed by atoms with Crippen molar-refractivity contribution in [2.24, 2.45) is 5.41 Å². The van der Waals surface area contributed by atoms with Gasteiger partial charge < -0.3 is 0 Å². The molecule has 1 rings (SSSR count). The average molecular weight is 273 g/mol. The van der Waals surface area contributed by atoms with E-state index in [2.05, 4.69) is 33.8 Å². The molecule has 0 atom stereocenters. The second-order valence-corrected chi connectivity index (χ2v) is 6.99. The van der Waals surface area contributed by atoms with Crippen molar-refractivity contribution in [2.45, 2.75) is 59.8 Å². The van der Waals surface area contributed by atoms with Crippen LogP contribution in [0, 0.1) is 5.41 Å². The lowest BCUT2D eigenvalue weighted by molar-refractivity contribution is 0.483. The minimum absolute atomic E-state index is 0.261. The normalized spacial score (nSPS) is 17.2. The summed E-state index contributed by atoms with van der Waals surface area (Å²) in [4.78, 5) is 0. The molecule has 0 nitrogen and oxygen atoms in total. The number of hydrogen-bond acceptors (Lipinski definition) is 0. The van der Waals surface area contributed by atoms with Crippen LogP contribution in [0.3, 0.4) is 0 Å². The van der Waals surface area contributed by atoms with Crippen LogP contribution in [0.15, 0.2) is 22.7 Å². The Bertz CT molecular complexity index is 322. The highest BCUT2D eigenvalue weighted by molar-refractivity contribution is 7.37. The van der Waals surface area contributed by atoms with Gasteiger partial charge in [0.25, 0.3) is 0 Å². The first-order valence-electron chi connectivity index (χ1n) is 6.54. The van der Waals surface area contributed by atoms with Crippen molar-refractivity contribution in [1.29, 1.82) is 0 Å². The Labute approximate surface area is 116 Å². The summed E-state index contributed by atoms with van der Waals surface area (Å²) in [7, 11) is 0. The van der Waals surface area contributed by atoms with Crippen molar-refractivity contribution >= 4 is 28.5 Å². The van der Waals surface area contributed by atoms with Gasteiger partial charge in [0.1, 0.15) is 0 Å². The van der Waals surface area contributed by atoms with E-state index in [0.29, 0.717) is 0 Å². The molecule has 0 aromatic heterocycles. The zero-order valence-corrected chi connectivity index (χ0v) is 13.0. The zero-order valence-electron chi connectivity index (χ0n) is 11.4. The van der Waals surface area contributed by atoms with Crippen molar-refractivity contribution in [3.05, 3.63) is 22.7 Å². The molecule has 0 spiro atoms. The summed E-state index contributed by atoms with van der Waals surface area (Å²) in [5.41, 5.74) is 4.18. The Kier molecular flexibility index (Phi) is 5.66. The van der Waals surface area contributed by atoms with E-state index in [1.807, 2.05) is 0 Å². The van der Waals surface area contributed by atoms with Crippen molar-refractivity contribution in [2.75, 3.05) is 0 Å². The molecule has 0 saturated carbocycles. The summed E-state index contributed by atoms with van der Waals surface area (Å²) in [6.45, 7) is 9.06. The summed E-state index contributed by atoms with van der Waals surface area (Å²) in [5, 5.41) is 0. The highest BCUT2D eigenvalue weighted by atomic mass is 35.5. The van der Waals surface area contributed by atoms with Crippen LogP contribution in [0.5, 0.6) is 0 Å². The van der Waals surface area contributed by atoms with E-state index in [9.17, 15) is 0 Å². The summed E-state index contributed by atoms with van der Waals surface area (Å²) in [6.07, 6.45) is 7.92. The third-order valence-electron chi connectivity index (χ3n) is 3.49. The molecule has 0 radical (unpaired) electrons. The maximum atomic E-state index is 6.07. The van der Waals surface area contributed by atoms with Gasteiger partial charge >= 0.3 is 5.54 Å². The molecule has 0 unspecified atom stereocenters. The van der Waals surface area contributed by atoms with Crippen molar-refractivity contribution < 1.29 is 0 Å². The van der Waals surface area contributed by atoms with Crippen molar-refractivity contribution in [1.82, 2.24) is 0 Å². The molecule has 0 bridgehead atoms. The van der Waals surface area contributed by atoms with E-state index in [0.717, 1.165) is 19.3 Å². The number of halogens is 2. The van der Waals surface area contributed by atoms with E-state index < -0.39 is 0 Å². The summed E-state index contributed by atoms with van der Waals surface area (Å²) in [6, 6.07) is 0. The SMILES string of the molecule is CCCCC1=C(B(Cl)Cl)CC=C(C(C)(C)C)C1. The quantitative estimate of drug-likeness (QED) is 0.452. The molecular formula is C14H23BCl2. The van der Waals surface area contributed by atoms with Gasteiger partial charge in [0.15, 0.2) is 0 Å². The zero-order chi connectivity index (χ0) is 13.1. The van der Waals surface area contributed by atoms with Gasteiger partial charge in [-0.1, -0.05) is 56.8 Å². The van der Waals surface area contributed by atoms with Gasteiger partial charge in [0, 0.05) is 0 Å². The van der Waals surface area contributed by atoms with Gasteiger partial charge in [-0.15, -0.1) is 0 Å². The first-order valence-corrected chi connectivity index (χ1v) is 7.42. The summed E-state index contributed by atoms with van der Waals surface area (Å²) < 4.78 is 0. The van der Waals surface area contributed by atoms with Gasteiger partial charge in [-0.2, -0.15) is 22.9 Å². The number of allylic oxidation sites excluding steroid dienone is 4. The van der Waals surface area contributed by atoms with Gasteiger partial charge in [0.05, 0.1) is 0 Å². The van der Waals surface area contributed by atoms with Crippen LogP contribution in [0.1, 0.15) is 59.8 Å². The Morgan fingerprint density at radius 3 is 2.41 bits per heavy atom. The average Bonchev–Trinajstić information content (AvgIpc) is 2.24. The smallest absolute Gasteiger partial charge is 0.165 e. The summed E-state index contributed by atoms with van der Waals surface area (Å²) in [5.74, 6) is 0. The van der Waals surface area contributed by atoms with E-state index in [-0.39, 0.29) is 11.0 Å². The molecule has 0 N–H and O–H groups in total. The minimum Gasteiger partial charge on any atom is -0.165 e. The van der Waals surface area contributed by atoms with Gasteiger partial charge in [-0.3, -0.25) is 0 Å². The third kappa shape index (κ3) is 4.37. The second-order valence-electron chi connectivity index (χ2n) is 5.89. The van der Waals surface area contributed by atoms with Gasteiger partial charge in [-0.05, 0) is 31.1 Å². The van der Waals surface area contributed by atoms with E-state index in [1.165, 1.54) is 29.5 Å². The highest BCUT2D eigenvalue weighted by Crippen LogP contribution is 2.39. The van der Waals surface area contributed by atoms with E-state index in [4.69, 9.17) is 22.9 Å². The largest absolute Gasteiger partial charge is 0.379 e.